The quantitative estimate of drug-likeness (QED) is 0.944. The molecule has 0 bridgehead atoms. The Morgan fingerprint density at radius 2 is 2.11 bits per heavy atom. The van der Waals surface area contributed by atoms with Crippen molar-refractivity contribution in [2.24, 2.45) is 0 Å². The number of nitrogens with zero attached hydrogens (tertiary/aromatic N) is 2. The Bertz CT molecular complexity index is 580. The SMILES string of the molecule is COc1nc(Nc2ccc(F)cc2F)ncc1Br. The lowest BCUT2D eigenvalue weighted by Gasteiger charge is -2.07. The first-order valence-electron chi connectivity index (χ1n) is 4.89. The van der Waals surface area contributed by atoms with E-state index in [1.165, 1.54) is 19.4 Å². The molecule has 1 aromatic heterocycles. The van der Waals surface area contributed by atoms with Crippen LogP contribution in [0.3, 0.4) is 0 Å². The molecule has 2 rings (SSSR count). The van der Waals surface area contributed by atoms with Gasteiger partial charge in [-0.3, -0.25) is 0 Å². The highest BCUT2D eigenvalue weighted by Crippen LogP contribution is 2.24. The molecule has 0 saturated heterocycles. The van der Waals surface area contributed by atoms with Crippen molar-refractivity contribution in [3.05, 3.63) is 40.5 Å². The van der Waals surface area contributed by atoms with Crippen LogP contribution in [0.25, 0.3) is 0 Å². The lowest BCUT2D eigenvalue weighted by Crippen LogP contribution is -2.01. The maximum absolute atomic E-state index is 13.4. The molecule has 0 radical (unpaired) electrons. The van der Waals surface area contributed by atoms with Crippen LogP contribution in [0.5, 0.6) is 5.88 Å². The Morgan fingerprint density at radius 3 is 2.78 bits per heavy atom. The fourth-order valence-corrected chi connectivity index (χ4v) is 1.62. The van der Waals surface area contributed by atoms with Gasteiger partial charge in [-0.2, -0.15) is 4.98 Å². The molecule has 0 amide bonds. The molecule has 0 aliphatic carbocycles. The zero-order valence-electron chi connectivity index (χ0n) is 9.25. The average molecular weight is 316 g/mol. The second-order valence-corrected chi connectivity index (χ2v) is 4.15. The van der Waals surface area contributed by atoms with E-state index in [1.807, 2.05) is 0 Å². The third-order valence-corrected chi connectivity index (χ3v) is 2.63. The van der Waals surface area contributed by atoms with E-state index in [4.69, 9.17) is 4.74 Å². The van der Waals surface area contributed by atoms with Gasteiger partial charge in [0.15, 0.2) is 0 Å². The van der Waals surface area contributed by atoms with Crippen molar-refractivity contribution in [1.82, 2.24) is 9.97 Å². The summed E-state index contributed by atoms with van der Waals surface area (Å²) in [6.07, 6.45) is 1.47. The smallest absolute Gasteiger partial charge is 0.232 e. The Kier molecular flexibility index (Phi) is 3.71. The number of ether oxygens (including phenoxy) is 1. The van der Waals surface area contributed by atoms with Gasteiger partial charge in [0.1, 0.15) is 11.6 Å². The largest absolute Gasteiger partial charge is 0.480 e. The molecule has 0 aliphatic heterocycles. The second-order valence-electron chi connectivity index (χ2n) is 3.30. The Labute approximate surface area is 110 Å². The number of methoxy groups -OCH3 is 1. The van der Waals surface area contributed by atoms with Crippen LogP contribution in [0, 0.1) is 11.6 Å². The third-order valence-electron chi connectivity index (χ3n) is 2.08. The molecule has 0 spiro atoms. The van der Waals surface area contributed by atoms with E-state index >= 15 is 0 Å². The number of nitrogens with one attached hydrogen (secondary N) is 1. The summed E-state index contributed by atoms with van der Waals surface area (Å²) in [6, 6.07) is 3.18. The molecule has 2 aromatic rings. The van der Waals surface area contributed by atoms with Crippen molar-refractivity contribution in [1.29, 1.82) is 0 Å². The van der Waals surface area contributed by atoms with Gasteiger partial charge in [0.25, 0.3) is 0 Å². The van der Waals surface area contributed by atoms with E-state index in [1.54, 1.807) is 0 Å². The minimum atomic E-state index is -0.722. The average Bonchev–Trinajstić information content (AvgIpc) is 2.35. The Morgan fingerprint density at radius 1 is 1.33 bits per heavy atom. The zero-order valence-corrected chi connectivity index (χ0v) is 10.8. The number of halogens is 3. The molecule has 7 heteroatoms. The van der Waals surface area contributed by atoms with Gasteiger partial charge in [0, 0.05) is 6.07 Å². The van der Waals surface area contributed by atoms with Gasteiger partial charge in [-0.1, -0.05) is 0 Å². The molecular formula is C11H8BrF2N3O. The monoisotopic (exact) mass is 315 g/mol. The summed E-state index contributed by atoms with van der Waals surface area (Å²) in [5.74, 6) is -0.900. The van der Waals surface area contributed by atoms with Crippen LogP contribution < -0.4 is 10.1 Å². The number of hydrogen-bond donors (Lipinski definition) is 1. The van der Waals surface area contributed by atoms with Crippen LogP contribution in [-0.4, -0.2) is 17.1 Å². The number of rotatable bonds is 3. The molecule has 94 valence electrons. The first kappa shape index (κ1) is 12.7. The minimum Gasteiger partial charge on any atom is -0.480 e. The summed E-state index contributed by atoms with van der Waals surface area (Å²) in [5.41, 5.74) is 0.0841. The highest BCUT2D eigenvalue weighted by atomic mass is 79.9. The van der Waals surface area contributed by atoms with E-state index in [-0.39, 0.29) is 11.6 Å². The van der Waals surface area contributed by atoms with Gasteiger partial charge in [-0.15, -0.1) is 0 Å². The Hall–Kier alpha value is -1.76. The number of anilines is 2. The first-order chi connectivity index (χ1) is 8.60. The van der Waals surface area contributed by atoms with Crippen molar-refractivity contribution in [2.75, 3.05) is 12.4 Å². The number of hydrogen-bond acceptors (Lipinski definition) is 4. The van der Waals surface area contributed by atoms with E-state index in [0.717, 1.165) is 12.1 Å². The van der Waals surface area contributed by atoms with Crippen LogP contribution in [0.4, 0.5) is 20.4 Å². The van der Waals surface area contributed by atoms with Crippen molar-refractivity contribution < 1.29 is 13.5 Å². The highest BCUT2D eigenvalue weighted by Gasteiger charge is 2.08. The van der Waals surface area contributed by atoms with E-state index in [2.05, 4.69) is 31.2 Å². The maximum Gasteiger partial charge on any atom is 0.232 e. The summed E-state index contributed by atoms with van der Waals surface area (Å²) in [7, 11) is 1.45. The molecule has 1 N–H and O–H groups in total. The molecule has 0 atom stereocenters. The standard InChI is InChI=1S/C11H8BrF2N3O/c1-18-10-7(12)5-15-11(17-10)16-9-3-2-6(13)4-8(9)14/h2-5H,1H3,(H,15,16,17). The first-order valence-corrected chi connectivity index (χ1v) is 5.68. The highest BCUT2D eigenvalue weighted by molar-refractivity contribution is 9.10. The van der Waals surface area contributed by atoms with Gasteiger partial charge in [0.05, 0.1) is 23.5 Å². The van der Waals surface area contributed by atoms with E-state index < -0.39 is 11.6 Å². The predicted molar refractivity (Wildman–Crippen MR) is 65.9 cm³/mol. The fraction of sp³-hybridized carbons (Fsp3) is 0.0909. The van der Waals surface area contributed by atoms with Crippen LogP contribution in [0.2, 0.25) is 0 Å². The lowest BCUT2D eigenvalue weighted by atomic mass is 10.3. The summed E-state index contributed by atoms with van der Waals surface area (Å²) in [4.78, 5) is 7.93. The van der Waals surface area contributed by atoms with Crippen molar-refractivity contribution >= 4 is 27.6 Å². The lowest BCUT2D eigenvalue weighted by molar-refractivity contribution is 0.394. The van der Waals surface area contributed by atoms with Crippen molar-refractivity contribution in [2.45, 2.75) is 0 Å². The van der Waals surface area contributed by atoms with Gasteiger partial charge >= 0.3 is 0 Å². The summed E-state index contributed by atoms with van der Waals surface area (Å²) >= 11 is 3.20. The maximum atomic E-state index is 13.4. The molecule has 18 heavy (non-hydrogen) atoms. The van der Waals surface area contributed by atoms with Crippen LogP contribution in [-0.2, 0) is 0 Å². The van der Waals surface area contributed by atoms with E-state index in [9.17, 15) is 8.78 Å². The topological polar surface area (TPSA) is 47.0 Å². The van der Waals surface area contributed by atoms with Gasteiger partial charge in [-0.25, -0.2) is 13.8 Å². The minimum absolute atomic E-state index is 0.0841. The van der Waals surface area contributed by atoms with Crippen molar-refractivity contribution in [3.8, 4) is 5.88 Å². The van der Waals surface area contributed by atoms with Crippen LogP contribution >= 0.6 is 15.9 Å². The zero-order chi connectivity index (χ0) is 13.1. The normalized spacial score (nSPS) is 10.2. The molecule has 0 fully saturated rings. The fourth-order valence-electron chi connectivity index (χ4n) is 1.27. The molecule has 4 nitrogen and oxygen atoms in total. The molecule has 0 saturated carbocycles. The van der Waals surface area contributed by atoms with Crippen LogP contribution in [0.1, 0.15) is 0 Å². The van der Waals surface area contributed by atoms with Gasteiger partial charge in [0.2, 0.25) is 11.8 Å². The summed E-state index contributed by atoms with van der Waals surface area (Å²) in [5, 5.41) is 2.64. The van der Waals surface area contributed by atoms with Crippen LogP contribution in [0.15, 0.2) is 28.9 Å². The number of aromatic nitrogens is 2. The van der Waals surface area contributed by atoms with Crippen molar-refractivity contribution in [3.63, 3.8) is 0 Å². The van der Waals surface area contributed by atoms with E-state index in [0.29, 0.717) is 10.4 Å². The summed E-state index contributed by atoms with van der Waals surface area (Å²) < 4.78 is 31.7. The molecule has 0 aliphatic rings. The molecule has 1 aromatic carbocycles. The Balaban J connectivity index is 2.28. The molecule has 0 unspecified atom stereocenters. The molecule has 1 heterocycles. The molecular weight excluding hydrogens is 308 g/mol. The summed E-state index contributed by atoms with van der Waals surface area (Å²) in [6.45, 7) is 0. The third kappa shape index (κ3) is 2.73. The van der Waals surface area contributed by atoms with Gasteiger partial charge < -0.3 is 10.1 Å². The number of benzene rings is 1. The second kappa shape index (κ2) is 5.26. The predicted octanol–water partition coefficient (Wildman–Crippen LogP) is 3.27. The van der Waals surface area contributed by atoms with Gasteiger partial charge in [-0.05, 0) is 28.1 Å².